The Balaban J connectivity index is 1.58. The van der Waals surface area contributed by atoms with Gasteiger partial charge in [-0.15, -0.1) is 0 Å². The van der Waals surface area contributed by atoms with Crippen molar-refractivity contribution in [2.24, 2.45) is 0 Å². The second-order valence-electron chi connectivity index (χ2n) is 4.77. The molecule has 1 aliphatic rings. The van der Waals surface area contributed by atoms with Crippen molar-refractivity contribution < 1.29 is 9.15 Å². The van der Waals surface area contributed by atoms with Crippen LogP contribution < -0.4 is 10.1 Å². The Hall–Kier alpha value is -1.45. The van der Waals surface area contributed by atoms with Crippen molar-refractivity contribution in [3.05, 3.63) is 52.9 Å². The molecule has 0 saturated heterocycles. The van der Waals surface area contributed by atoms with Gasteiger partial charge in [0.1, 0.15) is 18.1 Å². The topological polar surface area (TPSA) is 34.4 Å². The van der Waals surface area contributed by atoms with Gasteiger partial charge in [0.25, 0.3) is 0 Å². The van der Waals surface area contributed by atoms with Crippen LogP contribution in [0.25, 0.3) is 0 Å². The number of halogens is 1. The highest BCUT2D eigenvalue weighted by atomic mass is 35.5. The maximum Gasteiger partial charge on any atom is 0.146 e. The lowest BCUT2D eigenvalue weighted by Gasteiger charge is -2.07. The molecular weight excluding hydrogens is 262 g/mol. The Morgan fingerprint density at radius 1 is 1.32 bits per heavy atom. The van der Waals surface area contributed by atoms with Gasteiger partial charge in [-0.2, -0.15) is 0 Å². The van der Waals surface area contributed by atoms with E-state index in [0.717, 1.165) is 23.6 Å². The normalized spacial score (nSPS) is 14.6. The molecule has 0 spiro atoms. The summed E-state index contributed by atoms with van der Waals surface area (Å²) in [5, 5.41) is 4.14. The highest BCUT2D eigenvalue weighted by Crippen LogP contribution is 2.22. The Kier molecular flexibility index (Phi) is 3.76. The lowest BCUT2D eigenvalue weighted by atomic mass is 10.2. The predicted octanol–water partition coefficient (Wildman–Crippen LogP) is 3.76. The van der Waals surface area contributed by atoms with Crippen LogP contribution in [0.1, 0.15) is 24.2 Å². The van der Waals surface area contributed by atoms with Crippen LogP contribution in [0, 0.1) is 0 Å². The maximum atomic E-state index is 5.91. The van der Waals surface area contributed by atoms with Crippen molar-refractivity contribution in [1.82, 2.24) is 5.32 Å². The molecule has 19 heavy (non-hydrogen) atoms. The fraction of sp³-hybridized carbons (Fsp3) is 0.333. The number of hydrogen-bond donors (Lipinski definition) is 1. The van der Waals surface area contributed by atoms with Crippen molar-refractivity contribution in [3.8, 4) is 5.75 Å². The van der Waals surface area contributed by atoms with Gasteiger partial charge >= 0.3 is 0 Å². The molecule has 1 aromatic carbocycles. The van der Waals surface area contributed by atoms with Crippen LogP contribution >= 0.6 is 11.6 Å². The van der Waals surface area contributed by atoms with Gasteiger partial charge < -0.3 is 14.5 Å². The summed E-state index contributed by atoms with van der Waals surface area (Å²) < 4.78 is 11.2. The minimum absolute atomic E-state index is 0.426. The predicted molar refractivity (Wildman–Crippen MR) is 74.4 cm³/mol. The van der Waals surface area contributed by atoms with Crippen LogP contribution in [0.4, 0.5) is 0 Å². The minimum atomic E-state index is 0.426. The van der Waals surface area contributed by atoms with E-state index in [1.165, 1.54) is 12.8 Å². The first-order chi connectivity index (χ1) is 9.31. The Morgan fingerprint density at radius 2 is 2.21 bits per heavy atom. The zero-order valence-electron chi connectivity index (χ0n) is 10.6. The molecule has 1 fully saturated rings. The number of hydrogen-bond acceptors (Lipinski definition) is 3. The molecule has 0 radical (unpaired) electrons. The molecule has 1 aromatic heterocycles. The smallest absolute Gasteiger partial charge is 0.146 e. The molecule has 1 heterocycles. The van der Waals surface area contributed by atoms with Crippen LogP contribution in [0.3, 0.4) is 0 Å². The summed E-state index contributed by atoms with van der Waals surface area (Å²) in [7, 11) is 0. The van der Waals surface area contributed by atoms with Gasteiger partial charge in [-0.05, 0) is 37.1 Å². The zero-order chi connectivity index (χ0) is 13.1. The molecule has 100 valence electrons. The van der Waals surface area contributed by atoms with Gasteiger partial charge in [-0.25, -0.2) is 0 Å². The van der Waals surface area contributed by atoms with E-state index in [9.17, 15) is 0 Å². The summed E-state index contributed by atoms with van der Waals surface area (Å²) in [6.45, 7) is 1.27. The fourth-order valence-electron chi connectivity index (χ4n) is 1.90. The Morgan fingerprint density at radius 3 is 3.00 bits per heavy atom. The standard InChI is InChI=1S/C15H16ClNO2/c16-12-2-1-3-14(8-12)19-10-15-11(6-7-18-15)9-17-13-4-5-13/h1-3,6-8,13,17H,4-5,9-10H2. The van der Waals surface area contributed by atoms with Crippen LogP contribution in [0.2, 0.25) is 5.02 Å². The Bertz CT molecular complexity index is 549. The molecule has 0 unspecified atom stereocenters. The lowest BCUT2D eigenvalue weighted by molar-refractivity contribution is 0.268. The second kappa shape index (κ2) is 5.68. The largest absolute Gasteiger partial charge is 0.486 e. The molecule has 0 amide bonds. The molecule has 1 aliphatic carbocycles. The lowest BCUT2D eigenvalue weighted by Crippen LogP contribution is -2.16. The third kappa shape index (κ3) is 3.52. The van der Waals surface area contributed by atoms with Gasteiger partial charge in [0.05, 0.1) is 6.26 Å². The first-order valence-corrected chi connectivity index (χ1v) is 6.86. The van der Waals surface area contributed by atoms with E-state index < -0.39 is 0 Å². The van der Waals surface area contributed by atoms with Crippen molar-refractivity contribution >= 4 is 11.6 Å². The molecule has 4 heteroatoms. The summed E-state index contributed by atoms with van der Waals surface area (Å²) in [5.74, 6) is 1.62. The highest BCUT2D eigenvalue weighted by Gasteiger charge is 2.20. The molecule has 3 rings (SSSR count). The van der Waals surface area contributed by atoms with E-state index in [1.807, 2.05) is 24.3 Å². The van der Waals surface area contributed by atoms with Crippen molar-refractivity contribution in [3.63, 3.8) is 0 Å². The average molecular weight is 278 g/mol. The van der Waals surface area contributed by atoms with Crippen LogP contribution in [0.5, 0.6) is 5.75 Å². The molecule has 0 atom stereocenters. The molecule has 2 aromatic rings. The van der Waals surface area contributed by atoms with Gasteiger partial charge in [0, 0.05) is 23.2 Å². The molecular formula is C15H16ClNO2. The molecule has 1 N–H and O–H groups in total. The monoisotopic (exact) mass is 277 g/mol. The molecule has 0 bridgehead atoms. The molecule has 3 nitrogen and oxygen atoms in total. The first kappa shape index (κ1) is 12.6. The summed E-state index contributed by atoms with van der Waals surface area (Å²) in [5.41, 5.74) is 1.16. The van der Waals surface area contributed by atoms with Crippen molar-refractivity contribution in [2.75, 3.05) is 0 Å². The van der Waals surface area contributed by atoms with E-state index in [-0.39, 0.29) is 0 Å². The molecule has 0 aliphatic heterocycles. The average Bonchev–Trinajstić information content (AvgIpc) is 3.13. The highest BCUT2D eigenvalue weighted by molar-refractivity contribution is 6.30. The maximum absolute atomic E-state index is 5.91. The van der Waals surface area contributed by atoms with Crippen LogP contribution in [0.15, 0.2) is 41.0 Å². The van der Waals surface area contributed by atoms with Crippen LogP contribution in [-0.2, 0) is 13.2 Å². The van der Waals surface area contributed by atoms with Gasteiger partial charge in [-0.3, -0.25) is 0 Å². The summed E-state index contributed by atoms with van der Waals surface area (Å²) in [6.07, 6.45) is 4.28. The minimum Gasteiger partial charge on any atom is -0.486 e. The number of furan rings is 1. The number of rotatable bonds is 6. The van der Waals surface area contributed by atoms with Crippen molar-refractivity contribution in [2.45, 2.75) is 32.0 Å². The zero-order valence-corrected chi connectivity index (χ0v) is 11.3. The van der Waals surface area contributed by atoms with E-state index in [0.29, 0.717) is 17.7 Å². The molecule has 1 saturated carbocycles. The third-order valence-electron chi connectivity index (χ3n) is 3.16. The van der Waals surface area contributed by atoms with E-state index in [4.69, 9.17) is 20.8 Å². The number of benzene rings is 1. The van der Waals surface area contributed by atoms with Crippen molar-refractivity contribution in [1.29, 1.82) is 0 Å². The third-order valence-corrected chi connectivity index (χ3v) is 3.40. The summed E-state index contributed by atoms with van der Waals surface area (Å²) in [4.78, 5) is 0. The SMILES string of the molecule is Clc1cccc(OCc2occc2CNC2CC2)c1. The van der Waals surface area contributed by atoms with Gasteiger partial charge in [-0.1, -0.05) is 17.7 Å². The summed E-state index contributed by atoms with van der Waals surface area (Å²) >= 11 is 5.91. The quantitative estimate of drug-likeness (QED) is 0.873. The summed E-state index contributed by atoms with van der Waals surface area (Å²) in [6, 6.07) is 10.1. The first-order valence-electron chi connectivity index (χ1n) is 6.48. The van der Waals surface area contributed by atoms with E-state index in [1.54, 1.807) is 12.3 Å². The number of nitrogens with one attached hydrogen (secondary N) is 1. The van der Waals surface area contributed by atoms with E-state index >= 15 is 0 Å². The van der Waals surface area contributed by atoms with Crippen LogP contribution in [-0.4, -0.2) is 6.04 Å². The fourth-order valence-corrected chi connectivity index (χ4v) is 2.08. The Labute approximate surface area is 117 Å². The van der Waals surface area contributed by atoms with Gasteiger partial charge in [0.15, 0.2) is 0 Å². The van der Waals surface area contributed by atoms with Gasteiger partial charge in [0.2, 0.25) is 0 Å². The number of ether oxygens (including phenoxy) is 1. The van der Waals surface area contributed by atoms with E-state index in [2.05, 4.69) is 5.32 Å². The second-order valence-corrected chi connectivity index (χ2v) is 5.21.